The van der Waals surface area contributed by atoms with Crippen molar-refractivity contribution in [3.05, 3.63) is 53.7 Å². The SMILES string of the molecule is CCN(Cc1ccc(C(=O)OC)cn1)Cc1ccco1. The first-order valence-corrected chi connectivity index (χ1v) is 6.51. The molecule has 0 atom stereocenters. The summed E-state index contributed by atoms with van der Waals surface area (Å²) in [7, 11) is 1.36. The second-order valence-corrected chi connectivity index (χ2v) is 4.41. The Bertz CT molecular complexity index is 535. The molecule has 0 N–H and O–H groups in total. The molecule has 2 aromatic rings. The van der Waals surface area contributed by atoms with E-state index < -0.39 is 0 Å². The molecular weight excluding hydrogens is 256 g/mol. The minimum Gasteiger partial charge on any atom is -0.468 e. The number of carbonyl (C=O) groups excluding carboxylic acids is 1. The molecule has 2 heterocycles. The van der Waals surface area contributed by atoms with Gasteiger partial charge in [-0.05, 0) is 30.8 Å². The maximum absolute atomic E-state index is 11.3. The molecule has 0 spiro atoms. The van der Waals surface area contributed by atoms with E-state index in [4.69, 9.17) is 4.42 Å². The van der Waals surface area contributed by atoms with Gasteiger partial charge in [0.15, 0.2) is 0 Å². The van der Waals surface area contributed by atoms with Gasteiger partial charge in [0, 0.05) is 12.7 Å². The first kappa shape index (κ1) is 14.3. The van der Waals surface area contributed by atoms with Crippen LogP contribution in [0.1, 0.15) is 28.7 Å². The monoisotopic (exact) mass is 274 g/mol. The summed E-state index contributed by atoms with van der Waals surface area (Å²) in [6.07, 6.45) is 3.22. The minimum absolute atomic E-state index is 0.369. The van der Waals surface area contributed by atoms with Crippen LogP contribution in [0.15, 0.2) is 41.1 Å². The predicted octanol–water partition coefficient (Wildman–Crippen LogP) is 2.48. The standard InChI is InChI=1S/C15H18N2O3/c1-3-17(11-14-5-4-8-20-14)10-13-7-6-12(9-16-13)15(18)19-2/h4-9H,3,10-11H2,1-2H3. The second-order valence-electron chi connectivity index (χ2n) is 4.41. The lowest BCUT2D eigenvalue weighted by Crippen LogP contribution is -2.22. The van der Waals surface area contributed by atoms with Crippen LogP contribution < -0.4 is 0 Å². The highest BCUT2D eigenvalue weighted by Gasteiger charge is 2.09. The van der Waals surface area contributed by atoms with Crippen molar-refractivity contribution in [3.8, 4) is 0 Å². The van der Waals surface area contributed by atoms with E-state index in [0.717, 1.165) is 24.5 Å². The lowest BCUT2D eigenvalue weighted by Gasteiger charge is -2.18. The summed E-state index contributed by atoms with van der Waals surface area (Å²) >= 11 is 0. The molecule has 5 nitrogen and oxygen atoms in total. The van der Waals surface area contributed by atoms with Crippen molar-refractivity contribution >= 4 is 5.97 Å². The summed E-state index contributed by atoms with van der Waals surface area (Å²) in [6, 6.07) is 7.41. The number of hydrogen-bond acceptors (Lipinski definition) is 5. The fraction of sp³-hybridized carbons (Fsp3) is 0.333. The van der Waals surface area contributed by atoms with E-state index in [1.165, 1.54) is 7.11 Å². The van der Waals surface area contributed by atoms with Gasteiger partial charge >= 0.3 is 5.97 Å². The van der Waals surface area contributed by atoms with Crippen LogP contribution in [-0.4, -0.2) is 29.5 Å². The lowest BCUT2D eigenvalue weighted by atomic mass is 10.2. The first-order valence-electron chi connectivity index (χ1n) is 6.51. The summed E-state index contributed by atoms with van der Waals surface area (Å²) in [5.41, 5.74) is 1.37. The van der Waals surface area contributed by atoms with Crippen LogP contribution >= 0.6 is 0 Å². The summed E-state index contributed by atoms with van der Waals surface area (Å²) in [4.78, 5) is 17.8. The van der Waals surface area contributed by atoms with Crippen molar-refractivity contribution in [2.24, 2.45) is 0 Å². The Morgan fingerprint density at radius 2 is 2.20 bits per heavy atom. The van der Waals surface area contributed by atoms with E-state index in [0.29, 0.717) is 12.1 Å². The van der Waals surface area contributed by atoms with Gasteiger partial charge in [0.25, 0.3) is 0 Å². The van der Waals surface area contributed by atoms with Crippen molar-refractivity contribution in [1.29, 1.82) is 0 Å². The fourth-order valence-electron chi connectivity index (χ4n) is 1.89. The zero-order valence-electron chi connectivity index (χ0n) is 11.7. The number of aromatic nitrogens is 1. The largest absolute Gasteiger partial charge is 0.468 e. The maximum atomic E-state index is 11.3. The van der Waals surface area contributed by atoms with Gasteiger partial charge in [-0.25, -0.2) is 4.79 Å². The number of pyridine rings is 1. The molecule has 0 unspecified atom stereocenters. The van der Waals surface area contributed by atoms with Crippen molar-refractivity contribution in [2.75, 3.05) is 13.7 Å². The van der Waals surface area contributed by atoms with Crippen LogP contribution in [0.25, 0.3) is 0 Å². The Morgan fingerprint density at radius 1 is 1.35 bits per heavy atom. The third-order valence-corrected chi connectivity index (χ3v) is 3.04. The fourth-order valence-corrected chi connectivity index (χ4v) is 1.89. The zero-order chi connectivity index (χ0) is 14.4. The average molecular weight is 274 g/mol. The third-order valence-electron chi connectivity index (χ3n) is 3.04. The molecule has 2 rings (SSSR count). The zero-order valence-corrected chi connectivity index (χ0v) is 11.7. The van der Waals surface area contributed by atoms with Crippen LogP contribution in [-0.2, 0) is 17.8 Å². The molecule has 20 heavy (non-hydrogen) atoms. The molecule has 2 aromatic heterocycles. The van der Waals surface area contributed by atoms with Crippen molar-refractivity contribution in [2.45, 2.75) is 20.0 Å². The van der Waals surface area contributed by atoms with Gasteiger partial charge in [-0.15, -0.1) is 0 Å². The van der Waals surface area contributed by atoms with Crippen LogP contribution in [0.5, 0.6) is 0 Å². The number of methoxy groups -OCH3 is 1. The molecule has 0 aliphatic carbocycles. The van der Waals surface area contributed by atoms with Gasteiger partial charge in [-0.3, -0.25) is 9.88 Å². The van der Waals surface area contributed by atoms with Gasteiger partial charge in [0.1, 0.15) is 5.76 Å². The third kappa shape index (κ3) is 3.68. The summed E-state index contributed by atoms with van der Waals surface area (Å²) in [5, 5.41) is 0. The molecule has 5 heteroatoms. The quantitative estimate of drug-likeness (QED) is 0.757. The molecule has 106 valence electrons. The summed E-state index contributed by atoms with van der Waals surface area (Å²) in [6.45, 7) is 4.43. The van der Waals surface area contributed by atoms with Gasteiger partial charge < -0.3 is 9.15 Å². The molecule has 0 aliphatic rings. The van der Waals surface area contributed by atoms with Gasteiger partial charge in [-0.2, -0.15) is 0 Å². The molecule has 0 aliphatic heterocycles. The van der Waals surface area contributed by atoms with E-state index in [9.17, 15) is 4.79 Å². The van der Waals surface area contributed by atoms with E-state index >= 15 is 0 Å². The molecule has 0 aromatic carbocycles. The van der Waals surface area contributed by atoms with Crippen molar-refractivity contribution in [3.63, 3.8) is 0 Å². The van der Waals surface area contributed by atoms with Gasteiger partial charge in [0.2, 0.25) is 0 Å². The van der Waals surface area contributed by atoms with Gasteiger partial charge in [0.05, 0.1) is 31.2 Å². The number of furan rings is 1. The van der Waals surface area contributed by atoms with Crippen molar-refractivity contribution in [1.82, 2.24) is 9.88 Å². The van der Waals surface area contributed by atoms with Gasteiger partial charge in [-0.1, -0.05) is 6.92 Å². The Labute approximate surface area is 118 Å². The number of esters is 1. The Hall–Kier alpha value is -2.14. The highest BCUT2D eigenvalue weighted by molar-refractivity contribution is 5.88. The van der Waals surface area contributed by atoms with E-state index in [1.807, 2.05) is 18.2 Å². The Morgan fingerprint density at radius 3 is 2.75 bits per heavy atom. The van der Waals surface area contributed by atoms with Crippen LogP contribution in [0.2, 0.25) is 0 Å². The molecule has 0 amide bonds. The number of nitrogens with zero attached hydrogens (tertiary/aromatic N) is 2. The normalized spacial score (nSPS) is 10.8. The van der Waals surface area contributed by atoms with E-state index in [-0.39, 0.29) is 5.97 Å². The maximum Gasteiger partial charge on any atom is 0.339 e. The highest BCUT2D eigenvalue weighted by atomic mass is 16.5. The molecule has 0 saturated carbocycles. The Balaban J connectivity index is 1.98. The minimum atomic E-state index is -0.369. The molecular formula is C15H18N2O3. The molecule has 0 radical (unpaired) electrons. The van der Waals surface area contributed by atoms with Crippen LogP contribution in [0, 0.1) is 0 Å². The first-order chi connectivity index (χ1) is 9.72. The smallest absolute Gasteiger partial charge is 0.339 e. The summed E-state index contributed by atoms with van der Waals surface area (Å²) in [5.74, 6) is 0.560. The van der Waals surface area contributed by atoms with E-state index in [2.05, 4.69) is 21.5 Å². The molecule has 0 fully saturated rings. The average Bonchev–Trinajstić information content (AvgIpc) is 2.99. The topological polar surface area (TPSA) is 55.6 Å². The van der Waals surface area contributed by atoms with Crippen molar-refractivity contribution < 1.29 is 13.9 Å². The van der Waals surface area contributed by atoms with Crippen LogP contribution in [0.3, 0.4) is 0 Å². The number of hydrogen-bond donors (Lipinski definition) is 0. The number of rotatable bonds is 6. The molecule has 0 bridgehead atoms. The number of carbonyl (C=O) groups is 1. The lowest BCUT2D eigenvalue weighted by molar-refractivity contribution is 0.0600. The Kier molecular flexibility index (Phi) is 4.90. The van der Waals surface area contributed by atoms with E-state index in [1.54, 1.807) is 18.5 Å². The number of ether oxygens (including phenoxy) is 1. The summed E-state index contributed by atoms with van der Waals surface area (Å²) < 4.78 is 9.99. The predicted molar refractivity (Wildman–Crippen MR) is 74.1 cm³/mol. The van der Waals surface area contributed by atoms with Crippen LogP contribution in [0.4, 0.5) is 0 Å². The highest BCUT2D eigenvalue weighted by Crippen LogP contribution is 2.09. The molecule has 0 saturated heterocycles. The second kappa shape index (κ2) is 6.86.